The van der Waals surface area contributed by atoms with Gasteiger partial charge in [-0.3, -0.25) is 9.59 Å². The number of para-hydroxylation sites is 1. The summed E-state index contributed by atoms with van der Waals surface area (Å²) in [5.41, 5.74) is 4.13. The van der Waals surface area contributed by atoms with Gasteiger partial charge in [-0.2, -0.15) is 0 Å². The van der Waals surface area contributed by atoms with Crippen molar-refractivity contribution in [3.05, 3.63) is 95.6 Å². The zero-order valence-corrected chi connectivity index (χ0v) is 19.4. The molecule has 0 bridgehead atoms. The van der Waals surface area contributed by atoms with Crippen LogP contribution in [0.4, 0.5) is 5.69 Å². The van der Waals surface area contributed by atoms with Crippen LogP contribution >= 0.6 is 0 Å². The van der Waals surface area contributed by atoms with Gasteiger partial charge in [-0.25, -0.2) is 0 Å². The molecule has 0 saturated heterocycles. The summed E-state index contributed by atoms with van der Waals surface area (Å²) in [5, 5.41) is 0. The molecule has 0 N–H and O–H groups in total. The fourth-order valence-corrected chi connectivity index (χ4v) is 4.45. The largest absolute Gasteiger partial charge is 0.491 e. The third-order valence-corrected chi connectivity index (χ3v) is 6.53. The first-order chi connectivity index (χ1) is 16.7. The number of carbonyl (C=O) groups is 2. The summed E-state index contributed by atoms with van der Waals surface area (Å²) in [4.78, 5) is 29.8. The van der Waals surface area contributed by atoms with Gasteiger partial charge in [-0.1, -0.05) is 54.6 Å². The maximum atomic E-state index is 13.0. The first-order valence-electron chi connectivity index (χ1n) is 12.1. The molecule has 0 atom stereocenters. The number of rotatable bonds is 7. The molecule has 1 fully saturated rings. The van der Waals surface area contributed by atoms with Gasteiger partial charge in [0.25, 0.3) is 0 Å². The fraction of sp³-hybridized carbons (Fsp3) is 0.310. The summed E-state index contributed by atoms with van der Waals surface area (Å²) >= 11 is 0. The molecule has 2 amide bonds. The summed E-state index contributed by atoms with van der Waals surface area (Å²) < 4.78 is 5.96. The summed E-state index contributed by atoms with van der Waals surface area (Å²) in [6.45, 7) is 2.10. The molecule has 0 radical (unpaired) electrons. The lowest BCUT2D eigenvalue weighted by atomic mass is 10.1. The molecule has 0 unspecified atom stereocenters. The number of anilines is 1. The van der Waals surface area contributed by atoms with Crippen LogP contribution in [0.3, 0.4) is 0 Å². The number of fused-ring (bicyclic) bond motifs is 1. The minimum Gasteiger partial charge on any atom is -0.491 e. The monoisotopic (exact) mass is 454 g/mol. The summed E-state index contributed by atoms with van der Waals surface area (Å²) in [7, 11) is 0. The first kappa shape index (κ1) is 22.2. The van der Waals surface area contributed by atoms with Crippen molar-refractivity contribution in [1.82, 2.24) is 4.90 Å². The third kappa shape index (κ3) is 5.30. The lowest BCUT2D eigenvalue weighted by Gasteiger charge is -2.24. The van der Waals surface area contributed by atoms with Crippen molar-refractivity contribution in [2.24, 2.45) is 5.92 Å². The Morgan fingerprint density at radius 1 is 0.912 bits per heavy atom. The van der Waals surface area contributed by atoms with E-state index in [1.807, 2.05) is 70.5 Å². The van der Waals surface area contributed by atoms with E-state index in [0.29, 0.717) is 32.7 Å². The Morgan fingerprint density at radius 3 is 2.38 bits per heavy atom. The van der Waals surface area contributed by atoms with Gasteiger partial charge in [0.1, 0.15) is 12.4 Å². The van der Waals surface area contributed by atoms with Crippen LogP contribution in [0, 0.1) is 5.92 Å². The van der Waals surface area contributed by atoms with Crippen molar-refractivity contribution in [2.75, 3.05) is 18.1 Å². The smallest absolute Gasteiger partial charge is 0.230 e. The van der Waals surface area contributed by atoms with E-state index in [2.05, 4.69) is 18.2 Å². The fourth-order valence-electron chi connectivity index (χ4n) is 4.45. The maximum Gasteiger partial charge on any atom is 0.230 e. The zero-order chi connectivity index (χ0) is 23.3. The quantitative estimate of drug-likeness (QED) is 0.506. The van der Waals surface area contributed by atoms with Gasteiger partial charge in [0.05, 0.1) is 13.1 Å². The van der Waals surface area contributed by atoms with E-state index < -0.39 is 0 Å². The van der Waals surface area contributed by atoms with E-state index in [-0.39, 0.29) is 17.7 Å². The Morgan fingerprint density at radius 2 is 1.65 bits per heavy atom. The Labute approximate surface area is 201 Å². The van der Waals surface area contributed by atoms with E-state index in [4.69, 9.17) is 4.74 Å². The highest BCUT2D eigenvalue weighted by Crippen LogP contribution is 2.34. The molecule has 174 valence electrons. The van der Waals surface area contributed by atoms with Gasteiger partial charge in [-0.05, 0) is 54.7 Å². The van der Waals surface area contributed by atoms with Gasteiger partial charge in [0.2, 0.25) is 11.8 Å². The second kappa shape index (κ2) is 10.1. The van der Waals surface area contributed by atoms with Crippen molar-refractivity contribution in [3.63, 3.8) is 0 Å². The third-order valence-electron chi connectivity index (χ3n) is 6.53. The number of nitrogens with zero attached hydrogens (tertiary/aromatic N) is 2. The molecule has 1 aliphatic heterocycles. The normalized spacial score (nSPS) is 15.1. The lowest BCUT2D eigenvalue weighted by Crippen LogP contribution is -2.33. The average Bonchev–Trinajstić information content (AvgIpc) is 3.74. The molecule has 3 aromatic carbocycles. The second-order valence-corrected chi connectivity index (χ2v) is 9.13. The predicted molar refractivity (Wildman–Crippen MR) is 132 cm³/mol. The van der Waals surface area contributed by atoms with E-state index >= 15 is 0 Å². The molecule has 5 rings (SSSR count). The van der Waals surface area contributed by atoms with Gasteiger partial charge >= 0.3 is 0 Å². The molecule has 3 aromatic rings. The predicted octanol–water partition coefficient (Wildman–Crippen LogP) is 4.98. The second-order valence-electron chi connectivity index (χ2n) is 9.13. The molecule has 0 spiro atoms. The number of ether oxygens (including phenoxy) is 1. The van der Waals surface area contributed by atoms with E-state index in [0.717, 1.165) is 41.8 Å². The van der Waals surface area contributed by atoms with Crippen LogP contribution in [0.15, 0.2) is 78.9 Å². The van der Waals surface area contributed by atoms with Crippen LogP contribution in [0.25, 0.3) is 0 Å². The van der Waals surface area contributed by atoms with Gasteiger partial charge in [0.15, 0.2) is 0 Å². The molecular weight excluding hydrogens is 424 g/mol. The average molecular weight is 455 g/mol. The zero-order valence-electron chi connectivity index (χ0n) is 19.4. The molecule has 34 heavy (non-hydrogen) atoms. The van der Waals surface area contributed by atoms with Crippen LogP contribution in [-0.4, -0.2) is 29.9 Å². The summed E-state index contributed by atoms with van der Waals surface area (Å²) in [6, 6.07) is 26.1. The number of benzene rings is 3. The SMILES string of the molecule is O=C(CCc1ccccc1)N1CCOc2ccc(CN(C(=O)C3CC3)c3ccccc3)cc2C1. The first-order valence-corrected chi connectivity index (χ1v) is 12.1. The molecule has 1 aliphatic carbocycles. The van der Waals surface area contributed by atoms with Crippen LogP contribution < -0.4 is 9.64 Å². The number of amides is 2. The van der Waals surface area contributed by atoms with Gasteiger partial charge in [0, 0.05) is 30.1 Å². The van der Waals surface area contributed by atoms with E-state index in [9.17, 15) is 9.59 Å². The van der Waals surface area contributed by atoms with Crippen LogP contribution in [0.5, 0.6) is 5.75 Å². The number of aryl methyl sites for hydroxylation is 1. The minimum atomic E-state index is 0.139. The van der Waals surface area contributed by atoms with Gasteiger partial charge < -0.3 is 14.5 Å². The summed E-state index contributed by atoms with van der Waals surface area (Å²) in [5.74, 6) is 1.29. The van der Waals surface area contributed by atoms with E-state index in [1.54, 1.807) is 0 Å². The lowest BCUT2D eigenvalue weighted by molar-refractivity contribution is -0.131. The van der Waals surface area contributed by atoms with Crippen LogP contribution in [-0.2, 0) is 29.1 Å². The molecule has 1 saturated carbocycles. The number of hydrogen-bond donors (Lipinski definition) is 0. The Balaban J connectivity index is 1.30. The van der Waals surface area contributed by atoms with Crippen LogP contribution in [0.1, 0.15) is 36.0 Å². The molecule has 5 nitrogen and oxygen atoms in total. The Kier molecular flexibility index (Phi) is 6.61. The van der Waals surface area contributed by atoms with Crippen molar-refractivity contribution < 1.29 is 14.3 Å². The van der Waals surface area contributed by atoms with E-state index in [1.165, 1.54) is 5.56 Å². The standard InChI is InChI=1S/C29H30N2O3/c32-28(16-12-22-7-3-1-4-8-22)30-17-18-34-27-15-11-23(19-25(27)21-30)20-31(29(33)24-13-14-24)26-9-5-2-6-10-26/h1-11,15,19,24H,12-14,16-18,20-21H2. The van der Waals surface area contributed by atoms with Crippen molar-refractivity contribution in [3.8, 4) is 5.75 Å². The van der Waals surface area contributed by atoms with Crippen LogP contribution in [0.2, 0.25) is 0 Å². The highest BCUT2D eigenvalue weighted by molar-refractivity contribution is 5.96. The van der Waals surface area contributed by atoms with Gasteiger partial charge in [-0.15, -0.1) is 0 Å². The number of hydrogen-bond acceptors (Lipinski definition) is 3. The minimum absolute atomic E-state index is 0.139. The van der Waals surface area contributed by atoms with Crippen molar-refractivity contribution >= 4 is 17.5 Å². The van der Waals surface area contributed by atoms with Crippen molar-refractivity contribution in [1.29, 1.82) is 0 Å². The Hall–Kier alpha value is -3.60. The molecule has 0 aromatic heterocycles. The number of carbonyl (C=O) groups excluding carboxylic acids is 2. The summed E-state index contributed by atoms with van der Waals surface area (Å²) in [6.07, 6.45) is 3.16. The topological polar surface area (TPSA) is 49.9 Å². The van der Waals surface area contributed by atoms with Crippen molar-refractivity contribution in [2.45, 2.75) is 38.8 Å². The highest BCUT2D eigenvalue weighted by Gasteiger charge is 2.34. The highest BCUT2D eigenvalue weighted by atomic mass is 16.5. The molecule has 5 heteroatoms. The molecule has 1 heterocycles. The molecule has 2 aliphatic rings. The Bertz CT molecular complexity index is 1140. The maximum absolute atomic E-state index is 13.0. The molecular formula is C29H30N2O3.